The van der Waals surface area contributed by atoms with E-state index in [0.29, 0.717) is 19.5 Å². The van der Waals surface area contributed by atoms with Crippen LogP contribution in [-0.4, -0.2) is 12.5 Å². The van der Waals surface area contributed by atoms with Crippen LogP contribution in [0.15, 0.2) is 54.6 Å². The third-order valence-electron chi connectivity index (χ3n) is 3.45. The number of carbonyl (C=O) groups is 1. The van der Waals surface area contributed by atoms with Crippen LogP contribution in [0.4, 0.5) is 4.39 Å². The highest BCUT2D eigenvalue weighted by atomic mass is 19.1. The standard InChI is InChI=1S/C18H21FN2O/c1-14(16-5-3-2-4-6-16)21-18(22)11-12-20-13-15-7-9-17(19)10-8-15/h2-10,14,20H,11-13H2,1H3,(H,21,22). The maximum atomic E-state index is 12.8. The van der Waals surface area contributed by atoms with Crippen LogP contribution in [-0.2, 0) is 11.3 Å². The van der Waals surface area contributed by atoms with E-state index in [9.17, 15) is 9.18 Å². The zero-order valence-electron chi connectivity index (χ0n) is 12.7. The van der Waals surface area contributed by atoms with Gasteiger partial charge in [-0.3, -0.25) is 4.79 Å². The lowest BCUT2D eigenvalue weighted by molar-refractivity contribution is -0.121. The number of nitrogens with one attached hydrogen (secondary N) is 2. The number of halogens is 1. The molecule has 0 aliphatic carbocycles. The minimum Gasteiger partial charge on any atom is -0.350 e. The molecule has 0 fully saturated rings. The fraction of sp³-hybridized carbons (Fsp3) is 0.278. The first kappa shape index (κ1) is 16.2. The molecule has 0 aliphatic heterocycles. The second-order valence-electron chi connectivity index (χ2n) is 5.25. The lowest BCUT2D eigenvalue weighted by Gasteiger charge is -2.14. The van der Waals surface area contributed by atoms with Gasteiger partial charge in [0.15, 0.2) is 0 Å². The Labute approximate surface area is 130 Å². The molecule has 4 heteroatoms. The monoisotopic (exact) mass is 300 g/mol. The predicted molar refractivity (Wildman–Crippen MR) is 85.7 cm³/mol. The van der Waals surface area contributed by atoms with Gasteiger partial charge >= 0.3 is 0 Å². The fourth-order valence-electron chi connectivity index (χ4n) is 2.18. The molecule has 0 aliphatic rings. The molecule has 0 saturated heterocycles. The number of hydrogen-bond donors (Lipinski definition) is 2. The van der Waals surface area contributed by atoms with Crippen molar-refractivity contribution in [2.45, 2.75) is 25.9 Å². The van der Waals surface area contributed by atoms with Gasteiger partial charge in [-0.2, -0.15) is 0 Å². The number of rotatable bonds is 7. The summed E-state index contributed by atoms with van der Waals surface area (Å²) in [6.07, 6.45) is 0.415. The quantitative estimate of drug-likeness (QED) is 0.771. The number of hydrogen-bond acceptors (Lipinski definition) is 2. The maximum Gasteiger partial charge on any atom is 0.221 e. The van der Waals surface area contributed by atoms with Crippen molar-refractivity contribution >= 4 is 5.91 Å². The Balaban J connectivity index is 1.66. The minimum atomic E-state index is -0.238. The molecular formula is C18H21FN2O. The van der Waals surface area contributed by atoms with Gasteiger partial charge in [0.25, 0.3) is 0 Å². The van der Waals surface area contributed by atoms with Gasteiger partial charge in [0.2, 0.25) is 5.91 Å². The Morgan fingerprint density at radius 2 is 1.77 bits per heavy atom. The van der Waals surface area contributed by atoms with Gasteiger partial charge in [0.1, 0.15) is 5.82 Å². The van der Waals surface area contributed by atoms with Crippen molar-refractivity contribution < 1.29 is 9.18 Å². The van der Waals surface area contributed by atoms with E-state index in [2.05, 4.69) is 10.6 Å². The van der Waals surface area contributed by atoms with Crippen molar-refractivity contribution in [2.24, 2.45) is 0 Å². The molecule has 116 valence electrons. The normalized spacial score (nSPS) is 11.9. The number of benzene rings is 2. The highest BCUT2D eigenvalue weighted by Gasteiger charge is 2.08. The van der Waals surface area contributed by atoms with Gasteiger partial charge in [0, 0.05) is 19.5 Å². The third kappa shape index (κ3) is 5.30. The highest BCUT2D eigenvalue weighted by Crippen LogP contribution is 2.10. The molecule has 3 nitrogen and oxygen atoms in total. The molecular weight excluding hydrogens is 279 g/mol. The van der Waals surface area contributed by atoms with Crippen molar-refractivity contribution in [1.29, 1.82) is 0 Å². The van der Waals surface area contributed by atoms with Crippen LogP contribution in [0.2, 0.25) is 0 Å². The Kier molecular flexibility index (Phi) is 6.10. The third-order valence-corrected chi connectivity index (χ3v) is 3.45. The van der Waals surface area contributed by atoms with Gasteiger partial charge in [-0.05, 0) is 30.2 Å². The lowest BCUT2D eigenvalue weighted by Crippen LogP contribution is -2.29. The van der Waals surface area contributed by atoms with Crippen molar-refractivity contribution in [3.63, 3.8) is 0 Å². The predicted octanol–water partition coefficient (Wildman–Crippen LogP) is 3.18. The van der Waals surface area contributed by atoms with E-state index >= 15 is 0 Å². The highest BCUT2D eigenvalue weighted by molar-refractivity contribution is 5.76. The summed E-state index contributed by atoms with van der Waals surface area (Å²) >= 11 is 0. The van der Waals surface area contributed by atoms with Gasteiger partial charge in [-0.15, -0.1) is 0 Å². The van der Waals surface area contributed by atoms with Crippen LogP contribution >= 0.6 is 0 Å². The van der Waals surface area contributed by atoms with Crippen molar-refractivity contribution in [3.8, 4) is 0 Å². The van der Waals surface area contributed by atoms with Gasteiger partial charge in [0.05, 0.1) is 6.04 Å². The second-order valence-corrected chi connectivity index (χ2v) is 5.25. The molecule has 0 radical (unpaired) electrons. The molecule has 0 bridgehead atoms. The molecule has 2 N–H and O–H groups in total. The first-order chi connectivity index (χ1) is 10.6. The minimum absolute atomic E-state index is 0.00537. The van der Waals surface area contributed by atoms with Crippen LogP contribution in [0.25, 0.3) is 0 Å². The summed E-state index contributed by atoms with van der Waals surface area (Å²) in [5.41, 5.74) is 2.09. The first-order valence-electron chi connectivity index (χ1n) is 7.44. The number of amides is 1. The summed E-state index contributed by atoms with van der Waals surface area (Å²) in [6.45, 7) is 3.19. The SMILES string of the molecule is CC(NC(=O)CCNCc1ccc(F)cc1)c1ccccc1. The molecule has 2 aromatic rings. The van der Waals surface area contributed by atoms with Crippen molar-refractivity contribution in [1.82, 2.24) is 10.6 Å². The van der Waals surface area contributed by atoms with Crippen LogP contribution < -0.4 is 10.6 Å². The van der Waals surface area contributed by atoms with Crippen LogP contribution in [0.3, 0.4) is 0 Å². The topological polar surface area (TPSA) is 41.1 Å². The molecule has 1 atom stereocenters. The Hall–Kier alpha value is -2.20. The van der Waals surface area contributed by atoms with Crippen molar-refractivity contribution in [2.75, 3.05) is 6.54 Å². The molecule has 0 saturated carbocycles. The van der Waals surface area contributed by atoms with Gasteiger partial charge < -0.3 is 10.6 Å². The fourth-order valence-corrected chi connectivity index (χ4v) is 2.18. The zero-order valence-corrected chi connectivity index (χ0v) is 12.7. The van der Waals surface area contributed by atoms with E-state index < -0.39 is 0 Å². The van der Waals surface area contributed by atoms with E-state index in [1.165, 1.54) is 12.1 Å². The van der Waals surface area contributed by atoms with Crippen molar-refractivity contribution in [3.05, 3.63) is 71.5 Å². The number of carbonyl (C=O) groups excluding carboxylic acids is 1. The summed E-state index contributed by atoms with van der Waals surface area (Å²) in [5.74, 6) is -0.221. The maximum absolute atomic E-state index is 12.8. The molecule has 22 heavy (non-hydrogen) atoms. The Bertz CT molecular complexity index is 584. The van der Waals surface area contributed by atoms with E-state index in [4.69, 9.17) is 0 Å². The van der Waals surface area contributed by atoms with E-state index in [0.717, 1.165) is 11.1 Å². The molecule has 1 unspecified atom stereocenters. The second kappa shape index (κ2) is 8.29. The Morgan fingerprint density at radius 3 is 2.45 bits per heavy atom. The molecule has 0 aromatic heterocycles. The molecule has 1 amide bonds. The average molecular weight is 300 g/mol. The molecule has 2 rings (SSSR count). The summed E-state index contributed by atoms with van der Waals surface area (Å²) in [6, 6.07) is 16.2. The summed E-state index contributed by atoms with van der Waals surface area (Å²) in [4.78, 5) is 11.9. The van der Waals surface area contributed by atoms with Crippen LogP contribution in [0.5, 0.6) is 0 Å². The van der Waals surface area contributed by atoms with Gasteiger partial charge in [-0.1, -0.05) is 42.5 Å². The summed E-state index contributed by atoms with van der Waals surface area (Å²) in [7, 11) is 0. The lowest BCUT2D eigenvalue weighted by atomic mass is 10.1. The molecule has 2 aromatic carbocycles. The zero-order chi connectivity index (χ0) is 15.8. The smallest absolute Gasteiger partial charge is 0.221 e. The Morgan fingerprint density at radius 1 is 1.09 bits per heavy atom. The molecule has 0 spiro atoms. The summed E-state index contributed by atoms with van der Waals surface area (Å²) < 4.78 is 12.8. The van der Waals surface area contributed by atoms with E-state index in [1.54, 1.807) is 12.1 Å². The largest absolute Gasteiger partial charge is 0.350 e. The van der Waals surface area contributed by atoms with Gasteiger partial charge in [-0.25, -0.2) is 4.39 Å². The summed E-state index contributed by atoms with van der Waals surface area (Å²) in [5, 5.41) is 6.16. The van der Waals surface area contributed by atoms with E-state index in [-0.39, 0.29) is 17.8 Å². The van der Waals surface area contributed by atoms with Crippen LogP contribution in [0, 0.1) is 5.82 Å². The first-order valence-corrected chi connectivity index (χ1v) is 7.44. The van der Waals surface area contributed by atoms with Crippen LogP contribution in [0.1, 0.15) is 30.5 Å². The average Bonchev–Trinajstić information content (AvgIpc) is 2.54. The van der Waals surface area contributed by atoms with E-state index in [1.807, 2.05) is 37.3 Å². The molecule has 0 heterocycles.